The largest absolute Gasteiger partial charge is 0.473 e. The summed E-state index contributed by atoms with van der Waals surface area (Å²) in [5, 5.41) is 0. The van der Waals surface area contributed by atoms with Crippen molar-refractivity contribution in [3.05, 3.63) is 54.0 Å². The Hall–Kier alpha value is -2.08. The Kier molecular flexibility index (Phi) is 3.92. The molecule has 4 heterocycles. The van der Waals surface area contributed by atoms with Gasteiger partial charge in [-0.15, -0.1) is 11.8 Å². The van der Waals surface area contributed by atoms with Gasteiger partial charge in [0.15, 0.2) is 0 Å². The maximum atomic E-state index is 12.5. The van der Waals surface area contributed by atoms with Crippen LogP contribution in [0.15, 0.2) is 42.9 Å². The molecule has 1 atom stereocenters. The van der Waals surface area contributed by atoms with Gasteiger partial charge in [0.1, 0.15) is 6.10 Å². The first-order chi connectivity index (χ1) is 11.6. The lowest BCUT2D eigenvalue weighted by Crippen LogP contribution is -2.60. The number of likely N-dealkylation sites (tertiary alicyclic amines) is 1. The summed E-state index contributed by atoms with van der Waals surface area (Å²) in [7, 11) is 0. The highest BCUT2D eigenvalue weighted by molar-refractivity contribution is 8.01. The number of hydrogen-bond acceptors (Lipinski definition) is 5. The van der Waals surface area contributed by atoms with Gasteiger partial charge in [-0.05, 0) is 24.6 Å². The van der Waals surface area contributed by atoms with Crippen molar-refractivity contribution < 1.29 is 9.53 Å². The molecule has 2 aromatic heterocycles. The highest BCUT2D eigenvalue weighted by atomic mass is 32.2. The number of pyridine rings is 2. The monoisotopic (exact) mass is 341 g/mol. The number of carbonyl (C=O) groups is 1. The van der Waals surface area contributed by atoms with Gasteiger partial charge in [0.05, 0.1) is 10.3 Å². The van der Waals surface area contributed by atoms with Crippen LogP contribution in [-0.4, -0.2) is 50.5 Å². The van der Waals surface area contributed by atoms with Crippen molar-refractivity contribution in [1.29, 1.82) is 0 Å². The molecule has 0 radical (unpaired) electrons. The van der Waals surface area contributed by atoms with Crippen LogP contribution in [0, 0.1) is 6.92 Å². The van der Waals surface area contributed by atoms with E-state index in [0.29, 0.717) is 11.4 Å². The fraction of sp³-hybridized carbons (Fsp3) is 0.389. The number of carbonyl (C=O) groups excluding carboxylic acids is 1. The van der Waals surface area contributed by atoms with Crippen molar-refractivity contribution in [3.8, 4) is 5.88 Å². The van der Waals surface area contributed by atoms with Gasteiger partial charge in [0.25, 0.3) is 5.91 Å². The number of amides is 1. The summed E-state index contributed by atoms with van der Waals surface area (Å²) in [6.07, 6.45) is 6.29. The molecule has 5 nitrogen and oxygen atoms in total. The minimum absolute atomic E-state index is 0.0755. The zero-order chi connectivity index (χ0) is 16.6. The summed E-state index contributed by atoms with van der Waals surface area (Å²) in [5.41, 5.74) is 1.68. The third kappa shape index (κ3) is 2.98. The molecule has 4 rings (SSSR count). The van der Waals surface area contributed by atoms with Gasteiger partial charge in [-0.3, -0.25) is 9.78 Å². The first kappa shape index (κ1) is 15.4. The van der Waals surface area contributed by atoms with Gasteiger partial charge < -0.3 is 9.64 Å². The second kappa shape index (κ2) is 6.09. The molecule has 2 saturated heterocycles. The molecule has 0 saturated carbocycles. The highest BCUT2D eigenvalue weighted by Crippen LogP contribution is 2.46. The first-order valence-corrected chi connectivity index (χ1v) is 9.05. The second-order valence-corrected chi connectivity index (χ2v) is 8.01. The number of aryl methyl sites for hydroxylation is 1. The Morgan fingerprint density at radius 3 is 3.00 bits per heavy atom. The molecule has 0 aromatic carbocycles. The van der Waals surface area contributed by atoms with Gasteiger partial charge in [-0.25, -0.2) is 4.98 Å². The minimum atomic E-state index is 0.0755. The summed E-state index contributed by atoms with van der Waals surface area (Å²) in [6.45, 7) is 3.52. The fourth-order valence-electron chi connectivity index (χ4n) is 3.33. The third-order valence-corrected chi connectivity index (χ3v) is 6.04. The summed E-state index contributed by atoms with van der Waals surface area (Å²) in [6, 6.07) is 7.60. The minimum Gasteiger partial charge on any atom is -0.473 e. The number of thioether (sulfide) groups is 1. The maximum Gasteiger partial charge on any atom is 0.255 e. The molecule has 0 aliphatic carbocycles. The van der Waals surface area contributed by atoms with Gasteiger partial charge in [-0.1, -0.05) is 6.07 Å². The molecule has 24 heavy (non-hydrogen) atoms. The van der Waals surface area contributed by atoms with E-state index in [4.69, 9.17) is 4.74 Å². The van der Waals surface area contributed by atoms with Gasteiger partial charge >= 0.3 is 0 Å². The van der Waals surface area contributed by atoms with Crippen LogP contribution in [0.2, 0.25) is 0 Å². The van der Waals surface area contributed by atoms with E-state index < -0.39 is 0 Å². The van der Waals surface area contributed by atoms with Crippen LogP contribution < -0.4 is 4.74 Å². The summed E-state index contributed by atoms with van der Waals surface area (Å²) < 4.78 is 6.10. The van der Waals surface area contributed by atoms with Crippen LogP contribution in [-0.2, 0) is 0 Å². The molecular weight excluding hydrogens is 322 g/mol. The molecule has 6 heteroatoms. The first-order valence-electron chi connectivity index (χ1n) is 8.06. The van der Waals surface area contributed by atoms with E-state index in [2.05, 4.69) is 9.97 Å². The lowest BCUT2D eigenvalue weighted by molar-refractivity contribution is 0.0515. The lowest BCUT2D eigenvalue weighted by Gasteiger charge is -2.47. The average molecular weight is 341 g/mol. The standard InChI is InChI=1S/C18H19N3O2S/c1-13-6-14(9-19-8-13)17(22)21-11-18(12-21)7-15(10-24-18)23-16-4-2-3-5-20-16/h2-6,8-9,15H,7,10-12H2,1H3/t15-/m0/s1. The maximum absolute atomic E-state index is 12.5. The Morgan fingerprint density at radius 2 is 2.25 bits per heavy atom. The van der Waals surface area contributed by atoms with E-state index in [-0.39, 0.29) is 16.8 Å². The normalized spacial score (nSPS) is 21.5. The van der Waals surface area contributed by atoms with Crippen molar-refractivity contribution in [2.75, 3.05) is 18.8 Å². The van der Waals surface area contributed by atoms with Crippen LogP contribution in [0.4, 0.5) is 0 Å². The molecule has 2 aliphatic heterocycles. The van der Waals surface area contributed by atoms with Gasteiger partial charge in [0.2, 0.25) is 5.88 Å². The molecule has 0 N–H and O–H groups in total. The topological polar surface area (TPSA) is 55.3 Å². The number of nitrogens with zero attached hydrogens (tertiary/aromatic N) is 3. The summed E-state index contributed by atoms with van der Waals surface area (Å²) in [5.74, 6) is 1.70. The molecular formula is C18H19N3O2S. The predicted octanol–water partition coefficient (Wildman–Crippen LogP) is 2.56. The number of aromatic nitrogens is 2. The highest BCUT2D eigenvalue weighted by Gasteiger charge is 2.51. The molecule has 2 aliphatic rings. The van der Waals surface area contributed by atoms with Crippen LogP contribution in [0.3, 0.4) is 0 Å². The summed E-state index contributed by atoms with van der Waals surface area (Å²) in [4.78, 5) is 22.8. The molecule has 1 amide bonds. The van der Waals surface area contributed by atoms with Crippen molar-refractivity contribution in [2.45, 2.75) is 24.2 Å². The van der Waals surface area contributed by atoms with E-state index >= 15 is 0 Å². The Balaban J connectivity index is 1.34. The number of rotatable bonds is 3. The lowest BCUT2D eigenvalue weighted by atomic mass is 9.92. The number of ether oxygens (including phenoxy) is 1. The Labute approximate surface area is 145 Å². The molecule has 2 fully saturated rings. The van der Waals surface area contributed by atoms with Gasteiger partial charge in [-0.2, -0.15) is 0 Å². The van der Waals surface area contributed by atoms with Crippen molar-refractivity contribution in [1.82, 2.24) is 14.9 Å². The number of hydrogen-bond donors (Lipinski definition) is 0. The third-order valence-electron chi connectivity index (χ3n) is 4.47. The van der Waals surface area contributed by atoms with Crippen LogP contribution in [0.5, 0.6) is 5.88 Å². The molecule has 0 unspecified atom stereocenters. The van der Waals surface area contributed by atoms with Crippen molar-refractivity contribution in [2.24, 2.45) is 0 Å². The van der Waals surface area contributed by atoms with Crippen LogP contribution in [0.25, 0.3) is 0 Å². The van der Waals surface area contributed by atoms with Gasteiger partial charge in [0, 0.05) is 49.9 Å². The Morgan fingerprint density at radius 1 is 1.38 bits per heavy atom. The van der Waals surface area contributed by atoms with Crippen LogP contribution in [0.1, 0.15) is 22.3 Å². The molecule has 2 aromatic rings. The molecule has 0 bridgehead atoms. The Bertz CT molecular complexity index is 747. The smallest absolute Gasteiger partial charge is 0.255 e. The van der Waals surface area contributed by atoms with E-state index in [0.717, 1.165) is 30.8 Å². The summed E-state index contributed by atoms with van der Waals surface area (Å²) >= 11 is 1.92. The van der Waals surface area contributed by atoms with E-state index in [9.17, 15) is 4.79 Å². The fourth-order valence-corrected chi connectivity index (χ4v) is 4.86. The molecule has 1 spiro atoms. The van der Waals surface area contributed by atoms with E-state index in [1.807, 2.05) is 47.9 Å². The SMILES string of the molecule is Cc1cncc(C(=O)N2CC3(C[C@H](Oc4ccccn4)CS3)C2)c1. The zero-order valence-corrected chi connectivity index (χ0v) is 14.3. The van der Waals surface area contributed by atoms with Crippen molar-refractivity contribution >= 4 is 17.7 Å². The van der Waals surface area contributed by atoms with E-state index in [1.165, 1.54) is 0 Å². The second-order valence-electron chi connectivity index (χ2n) is 6.52. The van der Waals surface area contributed by atoms with Crippen molar-refractivity contribution in [3.63, 3.8) is 0 Å². The molecule has 124 valence electrons. The predicted molar refractivity (Wildman–Crippen MR) is 93.3 cm³/mol. The van der Waals surface area contributed by atoms with E-state index in [1.54, 1.807) is 18.6 Å². The zero-order valence-electron chi connectivity index (χ0n) is 13.5. The van der Waals surface area contributed by atoms with Crippen LogP contribution >= 0.6 is 11.8 Å². The quantitative estimate of drug-likeness (QED) is 0.859. The average Bonchev–Trinajstić information content (AvgIpc) is 2.98.